The Labute approximate surface area is 309 Å². The molecule has 52 heavy (non-hydrogen) atoms. The maximum Gasteiger partial charge on any atom is 0.328 e. The average Bonchev–Trinajstić information content (AvgIpc) is 3.62. The summed E-state index contributed by atoms with van der Waals surface area (Å²) in [5.41, 5.74) is 1.67. The Bertz CT molecular complexity index is 1460. The molecule has 8 atom stereocenters. The van der Waals surface area contributed by atoms with Crippen molar-refractivity contribution < 1.29 is 33.4 Å². The number of rotatable bonds is 19. The standard InChI is InChI=1S/C39H60N6O7/c1-11-25(4)35(44(7)38(48)34(24(2)3)43-32-20-26(5)40-23-41-32)31(50-8)22-33(46)45-19-15-18-30(45)36(51-9)27(6)37(47)42-29(39(49)52-10)21-28-16-13-12-14-17-28/h12-14,16-17,20,23-25,27,29-31,34-36H,11,15,18-19,21-22H2,1-10H3,(H,42,47)(H,40,41,43)/t25-,27+,29?,30?,31+,34?,35-,36+/m0/s1. The zero-order valence-electron chi connectivity index (χ0n) is 32.6. The number of carbonyl (C=O) groups is 4. The monoisotopic (exact) mass is 724 g/mol. The van der Waals surface area contributed by atoms with Crippen molar-refractivity contribution in [3.8, 4) is 0 Å². The smallest absolute Gasteiger partial charge is 0.328 e. The second-order valence-electron chi connectivity index (χ2n) is 14.3. The molecule has 1 aromatic heterocycles. The van der Waals surface area contributed by atoms with E-state index >= 15 is 0 Å². The molecular formula is C39H60N6O7. The maximum absolute atomic E-state index is 14.2. The largest absolute Gasteiger partial charge is 0.467 e. The van der Waals surface area contributed by atoms with Gasteiger partial charge in [0.2, 0.25) is 17.7 Å². The predicted octanol–water partition coefficient (Wildman–Crippen LogP) is 4.04. The van der Waals surface area contributed by atoms with Gasteiger partial charge in [-0.25, -0.2) is 14.8 Å². The SMILES string of the molecule is CC[C@H](C)[C@@H]([C@@H](CC(=O)N1CCCC1[C@H](OC)[C@@H](C)C(=O)NC(Cc1ccccc1)C(=O)OC)OC)N(C)C(=O)C(Nc1cc(C)ncn1)C(C)C. The average molecular weight is 725 g/mol. The lowest BCUT2D eigenvalue weighted by molar-refractivity contribution is -0.148. The molecule has 2 heterocycles. The second kappa shape index (κ2) is 20.2. The Morgan fingerprint density at radius 2 is 1.71 bits per heavy atom. The summed E-state index contributed by atoms with van der Waals surface area (Å²) in [6, 6.07) is 9.00. The number of aryl methyl sites for hydroxylation is 1. The molecule has 13 nitrogen and oxygen atoms in total. The van der Waals surface area contributed by atoms with E-state index in [2.05, 4.69) is 34.4 Å². The third kappa shape index (κ3) is 11.0. The molecule has 2 aromatic rings. The van der Waals surface area contributed by atoms with Crippen LogP contribution in [-0.4, -0.2) is 115 Å². The van der Waals surface area contributed by atoms with Crippen LogP contribution in [0.5, 0.6) is 0 Å². The molecule has 0 spiro atoms. The molecule has 0 aliphatic carbocycles. The van der Waals surface area contributed by atoms with Crippen LogP contribution in [0.25, 0.3) is 0 Å². The fourth-order valence-electron chi connectivity index (χ4n) is 7.22. The van der Waals surface area contributed by atoms with Crippen LogP contribution in [0.4, 0.5) is 5.82 Å². The summed E-state index contributed by atoms with van der Waals surface area (Å²) in [5, 5.41) is 6.17. The predicted molar refractivity (Wildman–Crippen MR) is 199 cm³/mol. The van der Waals surface area contributed by atoms with Crippen molar-refractivity contribution in [3.63, 3.8) is 0 Å². The number of aromatic nitrogens is 2. The normalized spacial score (nSPS) is 18.4. The number of likely N-dealkylation sites (tertiary alicyclic amines) is 1. The lowest BCUT2D eigenvalue weighted by atomic mass is 9.89. The van der Waals surface area contributed by atoms with E-state index in [1.165, 1.54) is 20.5 Å². The van der Waals surface area contributed by atoms with Gasteiger partial charge in [-0.15, -0.1) is 0 Å². The van der Waals surface area contributed by atoms with E-state index in [0.717, 1.165) is 24.1 Å². The summed E-state index contributed by atoms with van der Waals surface area (Å²) < 4.78 is 16.9. The minimum atomic E-state index is -0.878. The molecule has 3 amide bonds. The molecule has 1 saturated heterocycles. The highest BCUT2D eigenvalue weighted by molar-refractivity contribution is 5.87. The van der Waals surface area contributed by atoms with E-state index in [1.807, 2.05) is 51.1 Å². The highest BCUT2D eigenvalue weighted by atomic mass is 16.5. The lowest BCUT2D eigenvalue weighted by Crippen LogP contribution is -2.56. The fraction of sp³-hybridized carbons (Fsp3) is 0.641. The van der Waals surface area contributed by atoms with E-state index in [9.17, 15) is 19.2 Å². The quantitative estimate of drug-likeness (QED) is 0.203. The molecule has 0 saturated carbocycles. The van der Waals surface area contributed by atoms with Crippen LogP contribution < -0.4 is 10.6 Å². The van der Waals surface area contributed by atoms with E-state index in [0.29, 0.717) is 18.8 Å². The minimum Gasteiger partial charge on any atom is -0.467 e. The Morgan fingerprint density at radius 3 is 2.29 bits per heavy atom. The van der Waals surface area contributed by atoms with Crippen LogP contribution >= 0.6 is 0 Å². The van der Waals surface area contributed by atoms with Gasteiger partial charge < -0.3 is 34.6 Å². The topological polar surface area (TPSA) is 152 Å². The third-order valence-corrected chi connectivity index (χ3v) is 10.4. The first kappa shape index (κ1) is 42.3. The number of amides is 3. The number of likely N-dealkylation sites (N-methyl/N-ethyl adjacent to an activating group) is 1. The van der Waals surface area contributed by atoms with Crippen molar-refractivity contribution in [1.29, 1.82) is 0 Å². The summed E-state index contributed by atoms with van der Waals surface area (Å²) in [4.78, 5) is 66.6. The first-order chi connectivity index (χ1) is 24.8. The van der Waals surface area contributed by atoms with Gasteiger partial charge in [0.05, 0.1) is 43.7 Å². The summed E-state index contributed by atoms with van der Waals surface area (Å²) in [6.45, 7) is 12.2. The molecule has 288 valence electrons. The molecule has 1 aliphatic heterocycles. The van der Waals surface area contributed by atoms with Crippen molar-refractivity contribution in [1.82, 2.24) is 25.1 Å². The van der Waals surface area contributed by atoms with Crippen molar-refractivity contribution in [3.05, 3.63) is 54.0 Å². The van der Waals surface area contributed by atoms with Gasteiger partial charge in [-0.05, 0) is 37.2 Å². The van der Waals surface area contributed by atoms with Crippen LogP contribution in [0.3, 0.4) is 0 Å². The van der Waals surface area contributed by atoms with Crippen molar-refractivity contribution in [2.75, 3.05) is 40.2 Å². The van der Waals surface area contributed by atoms with Crippen molar-refractivity contribution in [2.24, 2.45) is 17.8 Å². The molecule has 0 bridgehead atoms. The first-order valence-corrected chi connectivity index (χ1v) is 18.4. The van der Waals surface area contributed by atoms with Crippen LogP contribution in [0.1, 0.15) is 71.6 Å². The van der Waals surface area contributed by atoms with E-state index in [1.54, 1.807) is 36.9 Å². The number of hydrogen-bond donors (Lipinski definition) is 2. The zero-order chi connectivity index (χ0) is 38.5. The van der Waals surface area contributed by atoms with Gasteiger partial charge in [-0.1, -0.05) is 71.4 Å². The van der Waals surface area contributed by atoms with Gasteiger partial charge in [0.25, 0.3) is 0 Å². The van der Waals surface area contributed by atoms with Crippen LogP contribution in [0.2, 0.25) is 0 Å². The van der Waals surface area contributed by atoms with Crippen molar-refractivity contribution in [2.45, 2.75) is 110 Å². The molecule has 3 unspecified atom stereocenters. The highest BCUT2D eigenvalue weighted by Gasteiger charge is 2.43. The number of esters is 1. The molecule has 3 rings (SSSR count). The third-order valence-electron chi connectivity index (χ3n) is 10.4. The van der Waals surface area contributed by atoms with Gasteiger partial charge in [0.1, 0.15) is 24.2 Å². The molecule has 0 radical (unpaired) electrons. The Balaban J connectivity index is 1.78. The molecule has 2 N–H and O–H groups in total. The van der Waals surface area contributed by atoms with Crippen LogP contribution in [0.15, 0.2) is 42.7 Å². The summed E-state index contributed by atoms with van der Waals surface area (Å²) in [6.07, 6.45) is 2.74. The van der Waals surface area contributed by atoms with E-state index < -0.39 is 42.2 Å². The fourth-order valence-corrected chi connectivity index (χ4v) is 7.22. The number of nitrogens with zero attached hydrogens (tertiary/aromatic N) is 4. The first-order valence-electron chi connectivity index (χ1n) is 18.4. The van der Waals surface area contributed by atoms with E-state index in [-0.39, 0.29) is 48.4 Å². The van der Waals surface area contributed by atoms with Gasteiger partial charge in [0.15, 0.2) is 0 Å². The molecular weight excluding hydrogens is 664 g/mol. The number of anilines is 1. The van der Waals surface area contributed by atoms with E-state index in [4.69, 9.17) is 14.2 Å². The molecule has 13 heteroatoms. The van der Waals surface area contributed by atoms with Gasteiger partial charge >= 0.3 is 5.97 Å². The zero-order valence-corrected chi connectivity index (χ0v) is 32.6. The van der Waals surface area contributed by atoms with Gasteiger partial charge in [-0.2, -0.15) is 0 Å². The molecule has 1 fully saturated rings. The second-order valence-corrected chi connectivity index (χ2v) is 14.3. The number of nitrogens with one attached hydrogen (secondary N) is 2. The van der Waals surface area contributed by atoms with Crippen LogP contribution in [0, 0.1) is 24.7 Å². The Hall–Kier alpha value is -4.10. The number of ether oxygens (including phenoxy) is 3. The number of benzene rings is 1. The lowest BCUT2D eigenvalue weighted by Gasteiger charge is -2.41. The Morgan fingerprint density at radius 1 is 1.02 bits per heavy atom. The minimum absolute atomic E-state index is 0.0178. The number of carbonyl (C=O) groups excluding carboxylic acids is 4. The number of hydrogen-bond acceptors (Lipinski definition) is 10. The van der Waals surface area contributed by atoms with Crippen LogP contribution in [-0.2, 0) is 39.8 Å². The highest BCUT2D eigenvalue weighted by Crippen LogP contribution is 2.30. The molecule has 1 aromatic carbocycles. The number of methoxy groups -OCH3 is 3. The maximum atomic E-state index is 14.2. The van der Waals surface area contributed by atoms with Crippen molar-refractivity contribution >= 4 is 29.5 Å². The Kier molecular flexibility index (Phi) is 16.5. The van der Waals surface area contributed by atoms with Gasteiger partial charge in [-0.3, -0.25) is 14.4 Å². The summed E-state index contributed by atoms with van der Waals surface area (Å²) >= 11 is 0. The summed E-state index contributed by atoms with van der Waals surface area (Å²) in [7, 11) is 6.18. The van der Waals surface area contributed by atoms with Gasteiger partial charge in [0, 0.05) is 46.0 Å². The summed E-state index contributed by atoms with van der Waals surface area (Å²) in [5.74, 6) is -1.31. The molecule has 1 aliphatic rings.